The van der Waals surface area contributed by atoms with Gasteiger partial charge in [0.1, 0.15) is 5.75 Å². The molecule has 0 aromatic heterocycles. The van der Waals surface area contributed by atoms with Crippen molar-refractivity contribution in [3.05, 3.63) is 28.8 Å². The molecule has 1 aromatic rings. The molecule has 4 nitrogen and oxygen atoms in total. The van der Waals surface area contributed by atoms with E-state index in [1.54, 1.807) is 18.2 Å². The highest BCUT2D eigenvalue weighted by atomic mass is 35.5. The highest BCUT2D eigenvalue weighted by Gasteiger charge is 2.47. The molecule has 1 aromatic carbocycles. The number of carboxylic acids is 1. The number of hydrogen-bond acceptors (Lipinski definition) is 3. The summed E-state index contributed by atoms with van der Waals surface area (Å²) in [5.74, 6) is -0.449. The third-order valence-corrected chi connectivity index (χ3v) is 4.58. The van der Waals surface area contributed by atoms with E-state index in [4.69, 9.17) is 11.6 Å². The molecular weight excluding hydrogens is 278 g/mol. The molecule has 0 amide bonds. The molecule has 0 bridgehead atoms. The predicted molar refractivity (Wildman–Crippen MR) is 77.9 cm³/mol. The first-order valence-corrected chi connectivity index (χ1v) is 7.16. The van der Waals surface area contributed by atoms with Gasteiger partial charge in [-0.15, -0.1) is 0 Å². The fourth-order valence-electron chi connectivity index (χ4n) is 2.86. The Balaban J connectivity index is 2.14. The first-order chi connectivity index (χ1) is 9.35. The first kappa shape index (κ1) is 15.1. The summed E-state index contributed by atoms with van der Waals surface area (Å²) in [6, 6.07) is 4.94. The van der Waals surface area contributed by atoms with E-state index in [1.807, 2.05) is 13.8 Å². The Morgan fingerprint density at radius 3 is 2.75 bits per heavy atom. The van der Waals surface area contributed by atoms with Crippen LogP contribution in [0, 0.1) is 11.3 Å². The zero-order valence-corrected chi connectivity index (χ0v) is 12.5. The Bertz CT molecular complexity index is 518. The molecule has 0 aliphatic carbocycles. The molecule has 0 radical (unpaired) electrons. The number of phenols is 1. The Labute approximate surface area is 124 Å². The van der Waals surface area contributed by atoms with E-state index in [0.29, 0.717) is 24.5 Å². The average molecular weight is 298 g/mol. The summed E-state index contributed by atoms with van der Waals surface area (Å²) in [5.41, 5.74) is 0.0521. The van der Waals surface area contributed by atoms with Gasteiger partial charge in [0.15, 0.2) is 0 Å². The average Bonchev–Trinajstić information content (AvgIpc) is 2.79. The number of aromatic hydroxyl groups is 1. The molecule has 2 N–H and O–H groups in total. The van der Waals surface area contributed by atoms with E-state index in [2.05, 4.69) is 4.90 Å². The van der Waals surface area contributed by atoms with Gasteiger partial charge >= 0.3 is 5.97 Å². The van der Waals surface area contributed by atoms with Crippen molar-refractivity contribution in [2.24, 2.45) is 11.3 Å². The zero-order chi connectivity index (χ0) is 14.9. The van der Waals surface area contributed by atoms with Crippen LogP contribution in [0.2, 0.25) is 5.02 Å². The van der Waals surface area contributed by atoms with Gasteiger partial charge in [0.05, 0.1) is 5.41 Å². The second-order valence-corrected chi connectivity index (χ2v) is 6.29. The molecule has 5 heteroatoms. The summed E-state index contributed by atoms with van der Waals surface area (Å²) in [6.07, 6.45) is 0.640. The number of hydrogen-bond donors (Lipinski definition) is 2. The molecule has 1 unspecified atom stereocenters. The molecule has 2 rings (SSSR count). The molecular formula is C15H20ClNO3. The van der Waals surface area contributed by atoms with Crippen molar-refractivity contribution in [2.45, 2.75) is 26.8 Å². The number of carbonyl (C=O) groups is 1. The molecule has 0 spiro atoms. The second-order valence-electron chi connectivity index (χ2n) is 5.85. The van der Waals surface area contributed by atoms with Gasteiger partial charge in [-0.1, -0.05) is 25.4 Å². The van der Waals surface area contributed by atoms with Gasteiger partial charge in [0.25, 0.3) is 0 Å². The van der Waals surface area contributed by atoms with Gasteiger partial charge in [-0.2, -0.15) is 0 Å². The summed E-state index contributed by atoms with van der Waals surface area (Å²) in [4.78, 5) is 13.7. The monoisotopic (exact) mass is 297 g/mol. The van der Waals surface area contributed by atoms with Crippen LogP contribution in [0.15, 0.2) is 18.2 Å². The number of aliphatic carboxylic acids is 1. The van der Waals surface area contributed by atoms with Crippen molar-refractivity contribution < 1.29 is 15.0 Å². The highest BCUT2D eigenvalue weighted by molar-refractivity contribution is 6.30. The summed E-state index contributed by atoms with van der Waals surface area (Å²) < 4.78 is 0. The molecule has 1 heterocycles. The number of likely N-dealkylation sites (tertiary alicyclic amines) is 1. The number of benzene rings is 1. The Hall–Kier alpha value is -1.26. The van der Waals surface area contributed by atoms with Gasteiger partial charge in [-0.25, -0.2) is 0 Å². The Morgan fingerprint density at radius 2 is 2.20 bits per heavy atom. The van der Waals surface area contributed by atoms with Gasteiger partial charge in [0.2, 0.25) is 0 Å². The van der Waals surface area contributed by atoms with Gasteiger partial charge in [-0.3, -0.25) is 9.69 Å². The molecule has 110 valence electrons. The predicted octanol–water partition coefficient (Wildman–Crippen LogP) is 2.98. The Morgan fingerprint density at radius 1 is 1.50 bits per heavy atom. The van der Waals surface area contributed by atoms with Crippen LogP contribution < -0.4 is 0 Å². The lowest BCUT2D eigenvalue weighted by molar-refractivity contribution is -0.151. The molecule has 1 saturated heterocycles. The second kappa shape index (κ2) is 5.62. The topological polar surface area (TPSA) is 60.8 Å². The molecule has 20 heavy (non-hydrogen) atoms. The van der Waals surface area contributed by atoms with Crippen molar-refractivity contribution in [2.75, 3.05) is 13.1 Å². The van der Waals surface area contributed by atoms with E-state index in [1.165, 1.54) is 0 Å². The van der Waals surface area contributed by atoms with Crippen molar-refractivity contribution in [1.29, 1.82) is 0 Å². The van der Waals surface area contributed by atoms with Crippen molar-refractivity contribution in [1.82, 2.24) is 4.90 Å². The van der Waals surface area contributed by atoms with Crippen LogP contribution in [0.5, 0.6) is 5.75 Å². The minimum Gasteiger partial charge on any atom is -0.508 e. The normalized spacial score (nSPS) is 23.4. The maximum absolute atomic E-state index is 11.6. The molecule has 1 aliphatic rings. The SMILES string of the molecule is CC(C)C1(C(=O)O)CCN(Cc2cc(Cl)ccc2O)C1. The lowest BCUT2D eigenvalue weighted by Crippen LogP contribution is -2.39. The number of rotatable bonds is 4. The summed E-state index contributed by atoms with van der Waals surface area (Å²) in [5, 5.41) is 19.9. The molecule has 1 atom stereocenters. The fourth-order valence-corrected chi connectivity index (χ4v) is 3.06. The van der Waals surface area contributed by atoms with Crippen molar-refractivity contribution >= 4 is 17.6 Å². The number of halogens is 1. The minimum atomic E-state index is -0.731. The highest BCUT2D eigenvalue weighted by Crippen LogP contribution is 2.39. The maximum atomic E-state index is 11.6. The lowest BCUT2D eigenvalue weighted by atomic mass is 9.76. The summed E-state index contributed by atoms with van der Waals surface area (Å²) in [6.45, 7) is 5.65. The quantitative estimate of drug-likeness (QED) is 0.897. The lowest BCUT2D eigenvalue weighted by Gasteiger charge is -2.29. The van der Waals surface area contributed by atoms with Gasteiger partial charge in [-0.05, 0) is 37.1 Å². The third kappa shape index (κ3) is 2.76. The summed E-state index contributed by atoms with van der Waals surface area (Å²) in [7, 11) is 0. The van der Waals surface area contributed by atoms with E-state index in [0.717, 1.165) is 12.1 Å². The van der Waals surface area contributed by atoms with Crippen LogP contribution in [0.1, 0.15) is 25.8 Å². The standard InChI is InChI=1S/C15H20ClNO3/c1-10(2)15(14(19)20)5-6-17(9-15)8-11-7-12(16)3-4-13(11)18/h3-4,7,10,18H,5-6,8-9H2,1-2H3,(H,19,20). The zero-order valence-electron chi connectivity index (χ0n) is 11.8. The van der Waals surface area contributed by atoms with Crippen molar-refractivity contribution in [3.63, 3.8) is 0 Å². The molecule has 0 saturated carbocycles. The number of phenolic OH excluding ortho intramolecular Hbond substituents is 1. The van der Waals surface area contributed by atoms with Crippen LogP contribution in [0.3, 0.4) is 0 Å². The van der Waals surface area contributed by atoms with Gasteiger partial charge in [0, 0.05) is 23.7 Å². The minimum absolute atomic E-state index is 0.0814. The first-order valence-electron chi connectivity index (χ1n) is 6.78. The van der Waals surface area contributed by atoms with Crippen LogP contribution in [0.25, 0.3) is 0 Å². The Kier molecular flexibility index (Phi) is 4.25. The van der Waals surface area contributed by atoms with Gasteiger partial charge < -0.3 is 10.2 Å². The number of carboxylic acid groups (broad SMARTS) is 1. The fraction of sp³-hybridized carbons (Fsp3) is 0.533. The third-order valence-electron chi connectivity index (χ3n) is 4.35. The van der Waals surface area contributed by atoms with Crippen LogP contribution in [-0.2, 0) is 11.3 Å². The molecule has 1 fully saturated rings. The van der Waals surface area contributed by atoms with Crippen LogP contribution >= 0.6 is 11.6 Å². The smallest absolute Gasteiger partial charge is 0.311 e. The van der Waals surface area contributed by atoms with E-state index in [9.17, 15) is 15.0 Å². The largest absolute Gasteiger partial charge is 0.508 e. The maximum Gasteiger partial charge on any atom is 0.311 e. The summed E-state index contributed by atoms with van der Waals surface area (Å²) >= 11 is 5.94. The number of nitrogens with zero attached hydrogens (tertiary/aromatic N) is 1. The molecule has 1 aliphatic heterocycles. The van der Waals surface area contributed by atoms with Crippen molar-refractivity contribution in [3.8, 4) is 5.75 Å². The van der Waals surface area contributed by atoms with Crippen LogP contribution in [-0.4, -0.2) is 34.2 Å². The van der Waals surface area contributed by atoms with E-state index >= 15 is 0 Å². The van der Waals surface area contributed by atoms with E-state index < -0.39 is 11.4 Å². The van der Waals surface area contributed by atoms with E-state index in [-0.39, 0.29) is 11.7 Å². The van der Waals surface area contributed by atoms with Crippen LogP contribution in [0.4, 0.5) is 0 Å².